The van der Waals surface area contributed by atoms with Gasteiger partial charge in [-0.2, -0.15) is 5.10 Å². The Morgan fingerprint density at radius 2 is 1.94 bits per heavy atom. The van der Waals surface area contributed by atoms with E-state index < -0.39 is 10.0 Å². The van der Waals surface area contributed by atoms with Crippen molar-refractivity contribution in [3.8, 4) is 0 Å². The topological polar surface area (TPSA) is 96.7 Å². The lowest BCUT2D eigenvalue weighted by molar-refractivity contribution is 0.0607. The SMILES string of the molecule is CS(=O)(=O)Nc1ccc(Cl)cc1C(=O)N1CCCCC1c1cc2nc(C3CC3)ccn2n1. The zero-order valence-electron chi connectivity index (χ0n) is 17.7. The Labute approximate surface area is 191 Å². The Morgan fingerprint density at radius 1 is 1.12 bits per heavy atom. The first-order chi connectivity index (χ1) is 15.3. The van der Waals surface area contributed by atoms with Crippen LogP contribution in [-0.2, 0) is 10.0 Å². The molecule has 5 rings (SSSR count). The molecule has 1 aliphatic carbocycles. The number of fused-ring (bicyclic) bond motifs is 1. The minimum absolute atomic E-state index is 0.215. The molecule has 168 valence electrons. The van der Waals surface area contributed by atoms with E-state index in [4.69, 9.17) is 21.7 Å². The minimum atomic E-state index is -3.55. The first-order valence-corrected chi connectivity index (χ1v) is 13.0. The summed E-state index contributed by atoms with van der Waals surface area (Å²) in [4.78, 5) is 20.1. The van der Waals surface area contributed by atoms with Crippen molar-refractivity contribution in [3.05, 3.63) is 58.5 Å². The molecule has 3 aromatic rings. The average molecular weight is 474 g/mol. The average Bonchev–Trinajstić information content (AvgIpc) is 3.52. The number of hydrogen-bond donors (Lipinski definition) is 1. The monoisotopic (exact) mass is 473 g/mol. The largest absolute Gasteiger partial charge is 0.330 e. The first kappa shape index (κ1) is 21.2. The Morgan fingerprint density at radius 3 is 2.69 bits per heavy atom. The number of amides is 1. The number of carbonyl (C=O) groups is 1. The van der Waals surface area contributed by atoms with Crippen molar-refractivity contribution in [1.82, 2.24) is 19.5 Å². The van der Waals surface area contributed by atoms with Crippen LogP contribution < -0.4 is 4.72 Å². The molecule has 32 heavy (non-hydrogen) atoms. The van der Waals surface area contributed by atoms with E-state index in [1.165, 1.54) is 25.0 Å². The zero-order chi connectivity index (χ0) is 22.5. The molecule has 2 fully saturated rings. The Kier molecular flexibility index (Phi) is 5.33. The molecular formula is C22H24ClN5O3S. The van der Waals surface area contributed by atoms with Crippen LogP contribution in [0.25, 0.3) is 5.65 Å². The number of anilines is 1. The van der Waals surface area contributed by atoms with Gasteiger partial charge in [0.15, 0.2) is 5.65 Å². The van der Waals surface area contributed by atoms with Crippen LogP contribution in [0.3, 0.4) is 0 Å². The van der Waals surface area contributed by atoms with Gasteiger partial charge in [0.25, 0.3) is 5.91 Å². The van der Waals surface area contributed by atoms with Crippen LogP contribution in [0.5, 0.6) is 0 Å². The number of likely N-dealkylation sites (tertiary alicyclic amines) is 1. The van der Waals surface area contributed by atoms with Gasteiger partial charge in [-0.3, -0.25) is 9.52 Å². The summed E-state index contributed by atoms with van der Waals surface area (Å²) in [5.74, 6) is 0.279. The van der Waals surface area contributed by atoms with Crippen molar-refractivity contribution in [2.24, 2.45) is 0 Å². The molecular weight excluding hydrogens is 450 g/mol. The summed E-state index contributed by atoms with van der Waals surface area (Å²) in [6, 6.07) is 8.34. The van der Waals surface area contributed by atoms with E-state index >= 15 is 0 Å². The lowest BCUT2D eigenvalue weighted by atomic mass is 9.98. The summed E-state index contributed by atoms with van der Waals surface area (Å²) < 4.78 is 27.8. The standard InChI is InChI=1S/C22H24ClN5O3S/c1-32(30,31)26-18-8-7-15(23)12-16(18)22(29)27-10-3-2-4-20(27)19-13-21-24-17(14-5-6-14)9-11-28(21)25-19/h7-9,11-14,20,26H,2-6,10H2,1H3. The van der Waals surface area contributed by atoms with Crippen molar-refractivity contribution in [2.75, 3.05) is 17.5 Å². The fraction of sp³-hybridized carbons (Fsp3) is 0.409. The first-order valence-electron chi connectivity index (χ1n) is 10.7. The number of piperidine rings is 1. The smallest absolute Gasteiger partial charge is 0.256 e. The number of carbonyl (C=O) groups excluding carboxylic acids is 1. The van der Waals surface area contributed by atoms with Gasteiger partial charge < -0.3 is 4.90 Å². The second kappa shape index (κ2) is 8.04. The molecule has 2 aliphatic rings. The predicted octanol–water partition coefficient (Wildman–Crippen LogP) is 4.00. The number of nitrogens with zero attached hydrogens (tertiary/aromatic N) is 4. The third kappa shape index (κ3) is 4.31. The van der Waals surface area contributed by atoms with Gasteiger partial charge in [-0.1, -0.05) is 11.6 Å². The van der Waals surface area contributed by atoms with Gasteiger partial charge in [0, 0.05) is 35.4 Å². The minimum Gasteiger partial charge on any atom is -0.330 e. The van der Waals surface area contributed by atoms with Gasteiger partial charge in [0.1, 0.15) is 0 Å². The van der Waals surface area contributed by atoms with Gasteiger partial charge in [-0.15, -0.1) is 0 Å². The molecule has 10 heteroatoms. The summed E-state index contributed by atoms with van der Waals surface area (Å²) in [5.41, 5.74) is 3.11. The highest BCUT2D eigenvalue weighted by Crippen LogP contribution is 2.39. The number of sulfonamides is 1. The van der Waals surface area contributed by atoms with E-state index in [-0.39, 0.29) is 23.2 Å². The normalized spacial score (nSPS) is 19.3. The van der Waals surface area contributed by atoms with E-state index in [2.05, 4.69) is 4.72 Å². The second-order valence-electron chi connectivity index (χ2n) is 8.57. The molecule has 1 unspecified atom stereocenters. The molecule has 8 nitrogen and oxygen atoms in total. The fourth-order valence-corrected chi connectivity index (χ4v) is 5.05. The van der Waals surface area contributed by atoms with Gasteiger partial charge in [-0.25, -0.2) is 17.9 Å². The maximum absolute atomic E-state index is 13.6. The Balaban J connectivity index is 1.49. The summed E-state index contributed by atoms with van der Waals surface area (Å²) >= 11 is 6.15. The van der Waals surface area contributed by atoms with Crippen molar-refractivity contribution in [1.29, 1.82) is 0 Å². The van der Waals surface area contributed by atoms with E-state index in [1.807, 2.05) is 18.3 Å². The maximum Gasteiger partial charge on any atom is 0.256 e. The van der Waals surface area contributed by atoms with Crippen LogP contribution in [0.1, 0.15) is 65.8 Å². The zero-order valence-corrected chi connectivity index (χ0v) is 19.2. The summed E-state index contributed by atoms with van der Waals surface area (Å²) in [7, 11) is -3.55. The molecule has 0 bridgehead atoms. The van der Waals surface area contributed by atoms with Crippen molar-refractivity contribution in [2.45, 2.75) is 44.1 Å². The van der Waals surface area contributed by atoms with Crippen molar-refractivity contribution >= 4 is 38.9 Å². The molecule has 0 spiro atoms. The van der Waals surface area contributed by atoms with Crippen LogP contribution in [-0.4, -0.2) is 46.6 Å². The van der Waals surface area contributed by atoms with Gasteiger partial charge in [0.05, 0.1) is 29.2 Å². The number of benzene rings is 1. The van der Waals surface area contributed by atoms with Crippen LogP contribution >= 0.6 is 11.6 Å². The number of rotatable bonds is 5. The number of aromatic nitrogens is 3. The van der Waals surface area contributed by atoms with Gasteiger partial charge in [0.2, 0.25) is 10.0 Å². The molecule has 1 saturated carbocycles. The molecule has 1 atom stereocenters. The van der Waals surface area contributed by atoms with E-state index in [9.17, 15) is 13.2 Å². The summed E-state index contributed by atoms with van der Waals surface area (Å²) in [6.07, 6.45) is 7.97. The predicted molar refractivity (Wildman–Crippen MR) is 123 cm³/mol. The van der Waals surface area contributed by atoms with Crippen molar-refractivity contribution < 1.29 is 13.2 Å². The molecule has 1 N–H and O–H groups in total. The van der Waals surface area contributed by atoms with E-state index in [0.29, 0.717) is 17.5 Å². The Hall–Kier alpha value is -2.65. The molecule has 3 heterocycles. The van der Waals surface area contributed by atoms with Gasteiger partial charge >= 0.3 is 0 Å². The quantitative estimate of drug-likeness (QED) is 0.604. The molecule has 1 amide bonds. The second-order valence-corrected chi connectivity index (χ2v) is 10.8. The molecule has 0 radical (unpaired) electrons. The number of nitrogens with one attached hydrogen (secondary N) is 1. The van der Waals surface area contributed by atoms with E-state index in [1.54, 1.807) is 15.5 Å². The van der Waals surface area contributed by atoms with E-state index in [0.717, 1.165) is 42.6 Å². The molecule has 1 saturated heterocycles. The van der Waals surface area contributed by atoms with Crippen molar-refractivity contribution in [3.63, 3.8) is 0 Å². The lowest BCUT2D eigenvalue weighted by Gasteiger charge is -2.35. The highest BCUT2D eigenvalue weighted by molar-refractivity contribution is 7.92. The maximum atomic E-state index is 13.6. The molecule has 1 aliphatic heterocycles. The highest BCUT2D eigenvalue weighted by Gasteiger charge is 2.32. The summed E-state index contributed by atoms with van der Waals surface area (Å²) in [6.45, 7) is 0.558. The van der Waals surface area contributed by atoms with Crippen LogP contribution in [0.4, 0.5) is 5.69 Å². The molecule has 1 aromatic carbocycles. The lowest BCUT2D eigenvalue weighted by Crippen LogP contribution is -2.39. The number of halogens is 1. The third-order valence-corrected chi connectivity index (χ3v) is 6.80. The van der Waals surface area contributed by atoms with Crippen LogP contribution in [0, 0.1) is 0 Å². The number of hydrogen-bond acceptors (Lipinski definition) is 5. The third-order valence-electron chi connectivity index (χ3n) is 5.97. The summed E-state index contributed by atoms with van der Waals surface area (Å²) in [5, 5.41) is 5.07. The van der Waals surface area contributed by atoms with Gasteiger partial charge in [-0.05, 0) is 56.4 Å². The highest BCUT2D eigenvalue weighted by atomic mass is 35.5. The van der Waals surface area contributed by atoms with Crippen LogP contribution in [0.2, 0.25) is 5.02 Å². The molecule has 2 aromatic heterocycles. The fourth-order valence-electron chi connectivity index (χ4n) is 4.30. The Bertz CT molecular complexity index is 1300. The van der Waals surface area contributed by atoms with Crippen LogP contribution in [0.15, 0.2) is 36.5 Å².